The number of anilines is 1. The first kappa shape index (κ1) is 12.5. The number of hydrogen-bond acceptors (Lipinski definition) is 5. The fourth-order valence-corrected chi connectivity index (χ4v) is 2.17. The first-order valence-electron chi connectivity index (χ1n) is 5.52. The number of aromatic nitrogens is 2. The highest BCUT2D eigenvalue weighted by Gasteiger charge is 2.12. The molecule has 0 bridgehead atoms. The number of hydrogen-bond donors (Lipinski definition) is 1. The number of benzene rings is 1. The average molecular weight is 263 g/mol. The molecule has 1 aromatic heterocycles. The van der Waals surface area contributed by atoms with E-state index in [1.807, 2.05) is 35.2 Å². The van der Waals surface area contributed by atoms with Gasteiger partial charge in [0.1, 0.15) is 5.51 Å². The SMILES string of the molecule is O=C(O)CCN(Cc1ccccc1)c1nncs1. The predicted octanol–water partition coefficient (Wildman–Crippen LogP) is 2.02. The molecule has 0 saturated heterocycles. The van der Waals surface area contributed by atoms with E-state index in [0.29, 0.717) is 13.1 Å². The molecule has 0 amide bonds. The third kappa shape index (κ3) is 3.53. The van der Waals surface area contributed by atoms with Gasteiger partial charge in [-0.2, -0.15) is 0 Å². The molecule has 1 aromatic carbocycles. The summed E-state index contributed by atoms with van der Waals surface area (Å²) < 4.78 is 0. The Labute approximate surface area is 109 Å². The average Bonchev–Trinajstić information content (AvgIpc) is 2.89. The van der Waals surface area contributed by atoms with Gasteiger partial charge in [0, 0.05) is 13.1 Å². The molecule has 0 aliphatic carbocycles. The Morgan fingerprint density at radius 1 is 1.33 bits per heavy atom. The molecular weight excluding hydrogens is 250 g/mol. The molecule has 1 N–H and O–H groups in total. The van der Waals surface area contributed by atoms with Crippen LogP contribution in [-0.2, 0) is 11.3 Å². The molecular formula is C12H13N3O2S. The van der Waals surface area contributed by atoms with E-state index in [0.717, 1.165) is 10.7 Å². The van der Waals surface area contributed by atoms with Crippen LogP contribution < -0.4 is 4.90 Å². The maximum Gasteiger partial charge on any atom is 0.305 e. The molecule has 0 aliphatic heterocycles. The van der Waals surface area contributed by atoms with Crippen LogP contribution in [-0.4, -0.2) is 27.8 Å². The van der Waals surface area contributed by atoms with E-state index < -0.39 is 5.97 Å². The van der Waals surface area contributed by atoms with E-state index in [1.54, 1.807) is 5.51 Å². The van der Waals surface area contributed by atoms with Gasteiger partial charge in [0.2, 0.25) is 5.13 Å². The highest BCUT2D eigenvalue weighted by atomic mass is 32.1. The fraction of sp³-hybridized carbons (Fsp3) is 0.250. The quantitative estimate of drug-likeness (QED) is 0.863. The molecule has 18 heavy (non-hydrogen) atoms. The number of aliphatic carboxylic acids is 1. The second-order valence-corrected chi connectivity index (χ2v) is 4.58. The molecule has 0 fully saturated rings. The summed E-state index contributed by atoms with van der Waals surface area (Å²) in [5.74, 6) is -0.808. The van der Waals surface area contributed by atoms with E-state index >= 15 is 0 Å². The van der Waals surface area contributed by atoms with Crippen LogP contribution in [0.15, 0.2) is 35.8 Å². The highest BCUT2D eigenvalue weighted by molar-refractivity contribution is 7.13. The van der Waals surface area contributed by atoms with E-state index in [2.05, 4.69) is 10.2 Å². The first-order chi connectivity index (χ1) is 8.75. The number of carboxylic acid groups (broad SMARTS) is 1. The summed E-state index contributed by atoms with van der Waals surface area (Å²) in [6.45, 7) is 1.07. The number of carboxylic acids is 1. The van der Waals surface area contributed by atoms with Crippen LogP contribution in [0.5, 0.6) is 0 Å². The van der Waals surface area contributed by atoms with Crippen molar-refractivity contribution < 1.29 is 9.90 Å². The van der Waals surface area contributed by atoms with Crippen molar-refractivity contribution in [2.75, 3.05) is 11.4 Å². The van der Waals surface area contributed by atoms with Crippen molar-refractivity contribution in [3.63, 3.8) is 0 Å². The topological polar surface area (TPSA) is 66.3 Å². The lowest BCUT2D eigenvalue weighted by molar-refractivity contribution is -0.136. The summed E-state index contributed by atoms with van der Waals surface area (Å²) >= 11 is 1.41. The molecule has 2 rings (SSSR count). The van der Waals surface area contributed by atoms with Crippen LogP contribution in [0.3, 0.4) is 0 Å². The summed E-state index contributed by atoms with van der Waals surface area (Å²) in [6.07, 6.45) is 0.0897. The van der Waals surface area contributed by atoms with Crippen molar-refractivity contribution in [2.24, 2.45) is 0 Å². The van der Waals surface area contributed by atoms with Crippen molar-refractivity contribution in [2.45, 2.75) is 13.0 Å². The van der Waals surface area contributed by atoms with Crippen molar-refractivity contribution >= 4 is 22.4 Å². The van der Waals surface area contributed by atoms with Crippen molar-refractivity contribution in [3.05, 3.63) is 41.4 Å². The molecule has 0 unspecified atom stereocenters. The second-order valence-electron chi connectivity index (χ2n) is 3.77. The zero-order chi connectivity index (χ0) is 12.8. The summed E-state index contributed by atoms with van der Waals surface area (Å²) in [4.78, 5) is 12.6. The molecule has 5 nitrogen and oxygen atoms in total. The van der Waals surface area contributed by atoms with E-state index in [9.17, 15) is 4.79 Å². The highest BCUT2D eigenvalue weighted by Crippen LogP contribution is 2.18. The Balaban J connectivity index is 2.07. The number of rotatable bonds is 6. The van der Waals surface area contributed by atoms with E-state index in [-0.39, 0.29) is 6.42 Å². The Hall–Kier alpha value is -1.95. The standard InChI is InChI=1S/C12H13N3O2S/c16-11(17)6-7-15(12-14-13-9-18-12)8-10-4-2-1-3-5-10/h1-5,9H,6-8H2,(H,16,17). The monoisotopic (exact) mass is 263 g/mol. The molecule has 0 saturated carbocycles. The van der Waals surface area contributed by atoms with Crippen molar-refractivity contribution in [3.8, 4) is 0 Å². The lowest BCUT2D eigenvalue weighted by atomic mass is 10.2. The van der Waals surface area contributed by atoms with Crippen LogP contribution in [0, 0.1) is 0 Å². The number of nitrogens with zero attached hydrogens (tertiary/aromatic N) is 3. The normalized spacial score (nSPS) is 10.2. The third-order valence-electron chi connectivity index (χ3n) is 2.43. The van der Waals surface area contributed by atoms with Gasteiger partial charge in [-0.3, -0.25) is 4.79 Å². The largest absolute Gasteiger partial charge is 0.481 e. The van der Waals surface area contributed by atoms with E-state index in [1.165, 1.54) is 11.3 Å². The fourth-order valence-electron chi connectivity index (χ4n) is 1.58. The van der Waals surface area contributed by atoms with Gasteiger partial charge in [-0.1, -0.05) is 41.7 Å². The van der Waals surface area contributed by atoms with Crippen LogP contribution in [0.25, 0.3) is 0 Å². The minimum Gasteiger partial charge on any atom is -0.481 e. The molecule has 0 atom stereocenters. The van der Waals surface area contributed by atoms with Gasteiger partial charge < -0.3 is 10.0 Å². The zero-order valence-electron chi connectivity index (χ0n) is 9.69. The minimum absolute atomic E-state index is 0.0897. The molecule has 94 valence electrons. The van der Waals surface area contributed by atoms with Gasteiger partial charge in [0.25, 0.3) is 0 Å². The van der Waals surface area contributed by atoms with Crippen LogP contribution in [0.2, 0.25) is 0 Å². The number of carbonyl (C=O) groups is 1. The predicted molar refractivity (Wildman–Crippen MR) is 69.7 cm³/mol. The van der Waals surface area contributed by atoms with Gasteiger partial charge in [-0.15, -0.1) is 10.2 Å². The van der Waals surface area contributed by atoms with Crippen molar-refractivity contribution in [1.82, 2.24) is 10.2 Å². The molecule has 0 aliphatic rings. The lowest BCUT2D eigenvalue weighted by Gasteiger charge is -2.20. The summed E-state index contributed by atoms with van der Waals surface area (Å²) in [5, 5.41) is 17.3. The molecule has 0 spiro atoms. The summed E-state index contributed by atoms with van der Waals surface area (Å²) in [7, 11) is 0. The Morgan fingerprint density at radius 3 is 2.72 bits per heavy atom. The van der Waals surface area contributed by atoms with Gasteiger partial charge in [0.15, 0.2) is 0 Å². The first-order valence-corrected chi connectivity index (χ1v) is 6.40. The molecule has 0 radical (unpaired) electrons. The van der Waals surface area contributed by atoms with Gasteiger partial charge in [-0.25, -0.2) is 0 Å². The van der Waals surface area contributed by atoms with Gasteiger partial charge in [0.05, 0.1) is 6.42 Å². The van der Waals surface area contributed by atoms with Gasteiger partial charge in [-0.05, 0) is 5.56 Å². The maximum absolute atomic E-state index is 10.7. The molecule has 2 aromatic rings. The van der Waals surface area contributed by atoms with E-state index in [4.69, 9.17) is 5.11 Å². The minimum atomic E-state index is -0.808. The van der Waals surface area contributed by atoms with Gasteiger partial charge >= 0.3 is 5.97 Å². The van der Waals surface area contributed by atoms with Crippen LogP contribution in [0.1, 0.15) is 12.0 Å². The Morgan fingerprint density at radius 2 is 2.11 bits per heavy atom. The molecule has 6 heteroatoms. The van der Waals surface area contributed by atoms with Crippen LogP contribution >= 0.6 is 11.3 Å². The summed E-state index contributed by atoms with van der Waals surface area (Å²) in [6, 6.07) is 9.90. The Bertz CT molecular complexity index is 487. The maximum atomic E-state index is 10.7. The summed E-state index contributed by atoms with van der Waals surface area (Å²) in [5.41, 5.74) is 2.77. The third-order valence-corrected chi connectivity index (χ3v) is 3.18. The Kier molecular flexibility index (Phi) is 4.25. The second kappa shape index (κ2) is 6.11. The molecule has 1 heterocycles. The lowest BCUT2D eigenvalue weighted by Crippen LogP contribution is -2.25. The van der Waals surface area contributed by atoms with Crippen molar-refractivity contribution in [1.29, 1.82) is 0 Å². The smallest absolute Gasteiger partial charge is 0.305 e. The van der Waals surface area contributed by atoms with Crippen LogP contribution in [0.4, 0.5) is 5.13 Å². The zero-order valence-corrected chi connectivity index (χ0v) is 10.5.